The molecule has 0 amide bonds. The van der Waals surface area contributed by atoms with Crippen molar-refractivity contribution in [2.75, 3.05) is 0 Å². The molecule has 112 valence electrons. The summed E-state index contributed by atoms with van der Waals surface area (Å²) >= 11 is 0. The van der Waals surface area contributed by atoms with Crippen LogP contribution in [-0.2, 0) is 13.5 Å². The van der Waals surface area contributed by atoms with Gasteiger partial charge in [-0.05, 0) is 75.7 Å². The van der Waals surface area contributed by atoms with Crippen molar-refractivity contribution in [3.05, 3.63) is 17.0 Å². The first-order valence-electron chi connectivity index (χ1n) is 8.21. The molecule has 4 unspecified atom stereocenters. The molecule has 0 aliphatic heterocycles. The first-order valence-corrected chi connectivity index (χ1v) is 8.21. The molecular formula is C17H28N2O. The van der Waals surface area contributed by atoms with Gasteiger partial charge >= 0.3 is 0 Å². The number of nitrogens with zero attached hydrogens (tertiary/aromatic N) is 2. The minimum atomic E-state index is -0.127. The molecule has 0 spiro atoms. The van der Waals surface area contributed by atoms with Gasteiger partial charge in [-0.1, -0.05) is 6.42 Å². The van der Waals surface area contributed by atoms with Crippen LogP contribution in [0, 0.1) is 31.6 Å². The number of hydrogen-bond acceptors (Lipinski definition) is 2. The van der Waals surface area contributed by atoms with Gasteiger partial charge in [0.15, 0.2) is 0 Å². The molecule has 0 aromatic carbocycles. The van der Waals surface area contributed by atoms with Crippen molar-refractivity contribution in [3.8, 4) is 0 Å². The lowest BCUT2D eigenvalue weighted by Crippen LogP contribution is -2.19. The van der Waals surface area contributed by atoms with E-state index in [9.17, 15) is 5.11 Å². The molecule has 4 atom stereocenters. The van der Waals surface area contributed by atoms with Crippen molar-refractivity contribution in [1.82, 2.24) is 9.78 Å². The Bertz CT molecular complexity index is 480. The van der Waals surface area contributed by atoms with Crippen LogP contribution in [0.15, 0.2) is 0 Å². The Morgan fingerprint density at radius 1 is 1.30 bits per heavy atom. The van der Waals surface area contributed by atoms with Crippen LogP contribution in [0.25, 0.3) is 0 Å². The predicted octanol–water partition coefficient (Wildman–Crippen LogP) is 3.16. The number of aryl methyl sites for hydroxylation is 2. The second-order valence-electron chi connectivity index (χ2n) is 7.14. The normalized spacial score (nSPS) is 30.1. The van der Waals surface area contributed by atoms with E-state index in [1.54, 1.807) is 0 Å². The van der Waals surface area contributed by atoms with Gasteiger partial charge in [0.05, 0.1) is 11.8 Å². The number of aromatic nitrogens is 2. The van der Waals surface area contributed by atoms with Gasteiger partial charge in [-0.2, -0.15) is 5.10 Å². The maximum Gasteiger partial charge on any atom is 0.0628 e. The first kappa shape index (κ1) is 14.1. The van der Waals surface area contributed by atoms with Gasteiger partial charge in [0.2, 0.25) is 0 Å². The molecule has 3 rings (SSSR count). The van der Waals surface area contributed by atoms with Crippen LogP contribution >= 0.6 is 0 Å². The van der Waals surface area contributed by atoms with Crippen LogP contribution in [0.4, 0.5) is 0 Å². The smallest absolute Gasteiger partial charge is 0.0628 e. The zero-order valence-corrected chi connectivity index (χ0v) is 13.1. The Balaban J connectivity index is 1.51. The molecule has 2 fully saturated rings. The molecule has 0 saturated heterocycles. The van der Waals surface area contributed by atoms with E-state index in [0.29, 0.717) is 0 Å². The van der Waals surface area contributed by atoms with Crippen molar-refractivity contribution in [1.29, 1.82) is 0 Å². The standard InChI is InChI=1S/C17H28N2O/c1-11-17(12(2)19(3)18-11)7-6-16(20)10-15-9-13-4-5-14(15)8-13/h13-16,20H,4-10H2,1-3H3. The van der Waals surface area contributed by atoms with Crippen molar-refractivity contribution in [3.63, 3.8) is 0 Å². The van der Waals surface area contributed by atoms with Crippen molar-refractivity contribution in [2.45, 2.75) is 64.9 Å². The maximum absolute atomic E-state index is 10.4. The fourth-order valence-electron chi connectivity index (χ4n) is 4.62. The van der Waals surface area contributed by atoms with Gasteiger partial charge in [-0.3, -0.25) is 4.68 Å². The summed E-state index contributed by atoms with van der Waals surface area (Å²) in [7, 11) is 2.00. The summed E-state index contributed by atoms with van der Waals surface area (Å²) in [5.74, 6) is 2.72. The molecule has 1 aromatic heterocycles. The maximum atomic E-state index is 10.4. The van der Waals surface area contributed by atoms with Crippen molar-refractivity contribution < 1.29 is 5.11 Å². The Labute approximate surface area is 122 Å². The summed E-state index contributed by atoms with van der Waals surface area (Å²) in [6.45, 7) is 4.20. The zero-order valence-electron chi connectivity index (χ0n) is 13.1. The lowest BCUT2D eigenvalue weighted by atomic mass is 9.84. The lowest BCUT2D eigenvalue weighted by Gasteiger charge is -2.24. The van der Waals surface area contributed by atoms with Crippen molar-refractivity contribution >= 4 is 0 Å². The molecular weight excluding hydrogens is 248 g/mol. The number of hydrogen-bond donors (Lipinski definition) is 1. The number of aliphatic hydroxyl groups is 1. The van der Waals surface area contributed by atoms with E-state index in [0.717, 1.165) is 42.7 Å². The average Bonchev–Trinajstić information content (AvgIpc) is 3.05. The zero-order chi connectivity index (χ0) is 14.3. The van der Waals surface area contributed by atoms with Crippen LogP contribution < -0.4 is 0 Å². The van der Waals surface area contributed by atoms with Crippen LogP contribution in [-0.4, -0.2) is 21.0 Å². The second kappa shape index (κ2) is 5.51. The van der Waals surface area contributed by atoms with E-state index in [4.69, 9.17) is 0 Å². The van der Waals surface area contributed by atoms with Crippen LogP contribution in [0.3, 0.4) is 0 Å². The van der Waals surface area contributed by atoms with E-state index >= 15 is 0 Å². The van der Waals surface area contributed by atoms with E-state index in [2.05, 4.69) is 18.9 Å². The molecule has 2 saturated carbocycles. The summed E-state index contributed by atoms with van der Waals surface area (Å²) in [5.41, 5.74) is 3.70. The highest BCUT2D eigenvalue weighted by Crippen LogP contribution is 2.50. The van der Waals surface area contributed by atoms with Crippen LogP contribution in [0.5, 0.6) is 0 Å². The fraction of sp³-hybridized carbons (Fsp3) is 0.824. The molecule has 1 N–H and O–H groups in total. The molecule has 3 heteroatoms. The Hall–Kier alpha value is -0.830. The summed E-state index contributed by atoms with van der Waals surface area (Å²) in [6, 6.07) is 0. The van der Waals surface area contributed by atoms with Crippen molar-refractivity contribution in [2.24, 2.45) is 24.8 Å². The summed E-state index contributed by atoms with van der Waals surface area (Å²) < 4.78 is 1.95. The van der Waals surface area contributed by atoms with E-state index in [1.807, 2.05) is 11.7 Å². The quantitative estimate of drug-likeness (QED) is 0.897. The van der Waals surface area contributed by atoms with Gasteiger partial charge in [0.1, 0.15) is 0 Å². The molecule has 0 radical (unpaired) electrons. The lowest BCUT2D eigenvalue weighted by molar-refractivity contribution is 0.117. The van der Waals surface area contributed by atoms with Crippen LogP contribution in [0.2, 0.25) is 0 Å². The summed E-state index contributed by atoms with van der Waals surface area (Å²) in [4.78, 5) is 0. The molecule has 1 heterocycles. The Kier molecular flexibility index (Phi) is 3.89. The monoisotopic (exact) mass is 276 g/mol. The topological polar surface area (TPSA) is 38.0 Å². The van der Waals surface area contributed by atoms with E-state index in [-0.39, 0.29) is 6.10 Å². The molecule has 3 nitrogen and oxygen atoms in total. The third kappa shape index (κ3) is 2.65. The Morgan fingerprint density at radius 2 is 2.10 bits per heavy atom. The molecule has 2 aliphatic carbocycles. The molecule has 20 heavy (non-hydrogen) atoms. The fourth-order valence-corrected chi connectivity index (χ4v) is 4.62. The second-order valence-corrected chi connectivity index (χ2v) is 7.14. The van der Waals surface area contributed by atoms with E-state index in [1.165, 1.54) is 36.9 Å². The predicted molar refractivity (Wildman–Crippen MR) is 80.6 cm³/mol. The van der Waals surface area contributed by atoms with Crippen LogP contribution in [0.1, 0.15) is 55.5 Å². The third-order valence-corrected chi connectivity index (χ3v) is 5.85. The third-order valence-electron chi connectivity index (χ3n) is 5.85. The molecule has 1 aromatic rings. The average molecular weight is 276 g/mol. The van der Waals surface area contributed by atoms with Gasteiger partial charge in [0.25, 0.3) is 0 Å². The summed E-state index contributed by atoms with van der Waals surface area (Å²) in [5, 5.41) is 14.8. The molecule has 2 bridgehead atoms. The summed E-state index contributed by atoms with van der Waals surface area (Å²) in [6.07, 6.45) is 8.45. The van der Waals surface area contributed by atoms with Gasteiger partial charge in [-0.25, -0.2) is 0 Å². The molecule has 2 aliphatic rings. The largest absolute Gasteiger partial charge is 0.393 e. The van der Waals surface area contributed by atoms with E-state index < -0.39 is 0 Å². The van der Waals surface area contributed by atoms with Gasteiger partial charge in [-0.15, -0.1) is 0 Å². The highest BCUT2D eigenvalue weighted by atomic mass is 16.3. The van der Waals surface area contributed by atoms with Gasteiger partial charge < -0.3 is 5.11 Å². The van der Waals surface area contributed by atoms with Gasteiger partial charge in [0, 0.05) is 12.7 Å². The Morgan fingerprint density at radius 3 is 2.65 bits per heavy atom. The number of fused-ring (bicyclic) bond motifs is 2. The first-order chi connectivity index (χ1) is 9.54. The minimum Gasteiger partial charge on any atom is -0.393 e. The minimum absolute atomic E-state index is 0.127. The number of aliphatic hydroxyl groups excluding tert-OH is 1. The SMILES string of the molecule is Cc1nn(C)c(C)c1CCC(O)CC1CC2CCC1C2. The number of rotatable bonds is 5. The highest BCUT2D eigenvalue weighted by Gasteiger charge is 2.39. The highest BCUT2D eigenvalue weighted by molar-refractivity contribution is 5.24.